The molecule has 0 fully saturated rings. The molecule has 0 aromatic heterocycles. The Morgan fingerprint density at radius 2 is 1.35 bits per heavy atom. The van der Waals surface area contributed by atoms with E-state index in [0.717, 1.165) is 6.08 Å². The van der Waals surface area contributed by atoms with E-state index in [0.29, 0.717) is 0 Å². The van der Waals surface area contributed by atoms with Crippen molar-refractivity contribution in [2.75, 3.05) is 5.75 Å². The van der Waals surface area contributed by atoms with Crippen LogP contribution in [0.25, 0.3) is 0 Å². The maximum atomic E-state index is 9.72. The van der Waals surface area contributed by atoms with Crippen molar-refractivity contribution in [1.82, 2.24) is 0 Å². The first-order chi connectivity index (χ1) is 9.47. The Morgan fingerprint density at radius 3 is 1.60 bits per heavy atom. The molecule has 0 unspecified atom stereocenters. The van der Waals surface area contributed by atoms with Gasteiger partial charge in [-0.3, -0.25) is 4.55 Å². The van der Waals surface area contributed by atoms with Crippen LogP contribution in [0.3, 0.4) is 0 Å². The fourth-order valence-electron chi connectivity index (χ4n) is 1.89. The van der Waals surface area contributed by atoms with Crippen molar-refractivity contribution in [2.45, 2.75) is 74.8 Å². The zero-order valence-corrected chi connectivity index (χ0v) is 16.3. The third-order valence-corrected chi connectivity index (χ3v) is 4.40. The van der Waals surface area contributed by atoms with Crippen LogP contribution < -0.4 is 0 Å². The average Bonchev–Trinajstić information content (AvgIpc) is 2.36. The van der Waals surface area contributed by atoms with E-state index in [1.165, 1.54) is 95.8 Å². The van der Waals surface area contributed by atoms with Crippen LogP contribution in [0.5, 0.6) is 0 Å². The summed E-state index contributed by atoms with van der Waals surface area (Å²) in [4.78, 5) is 0. The van der Waals surface area contributed by atoms with E-state index in [2.05, 4.69) is 13.5 Å². The van der Waals surface area contributed by atoms with Crippen molar-refractivity contribution in [1.29, 1.82) is 0 Å². The number of hydrogen-bond acceptors (Lipinski definition) is 2. The van der Waals surface area contributed by atoms with Crippen LogP contribution in [0, 0.1) is 0 Å². The molecule has 0 radical (unpaired) electrons. The SMILES string of the molecule is C=CCS(=O)(=O)O.CCCCCCCCCCC[CH2][Na]. The van der Waals surface area contributed by atoms with Crippen LogP contribution in [0.2, 0.25) is 3.67 Å². The van der Waals surface area contributed by atoms with Gasteiger partial charge < -0.3 is 0 Å². The van der Waals surface area contributed by atoms with E-state index >= 15 is 0 Å². The van der Waals surface area contributed by atoms with Crippen LogP contribution in [0.15, 0.2) is 12.7 Å². The quantitative estimate of drug-likeness (QED) is 0.249. The van der Waals surface area contributed by atoms with E-state index in [1.807, 2.05) is 0 Å². The summed E-state index contributed by atoms with van der Waals surface area (Å²) >= 11 is 1.41. The van der Waals surface area contributed by atoms with E-state index < -0.39 is 10.1 Å². The Labute approximate surface area is 143 Å². The van der Waals surface area contributed by atoms with E-state index in [9.17, 15) is 8.42 Å². The topological polar surface area (TPSA) is 54.4 Å². The Bertz CT molecular complexity index is 279. The van der Waals surface area contributed by atoms with Gasteiger partial charge in [0, 0.05) is 0 Å². The Balaban J connectivity index is 0. The van der Waals surface area contributed by atoms with Gasteiger partial charge in [-0.15, -0.1) is 6.58 Å². The molecule has 0 aliphatic rings. The van der Waals surface area contributed by atoms with Gasteiger partial charge in [-0.05, 0) is 0 Å². The molecule has 0 rings (SSSR count). The fourth-order valence-corrected chi connectivity index (χ4v) is 2.68. The molecule has 20 heavy (non-hydrogen) atoms. The molecule has 5 heteroatoms. The number of hydrogen-bond donors (Lipinski definition) is 1. The summed E-state index contributed by atoms with van der Waals surface area (Å²) in [5, 5.41) is 0. The summed E-state index contributed by atoms with van der Waals surface area (Å²) in [6, 6.07) is 0. The Hall–Kier alpha value is 0.650. The van der Waals surface area contributed by atoms with E-state index in [1.54, 1.807) is 0 Å². The van der Waals surface area contributed by atoms with Gasteiger partial charge >= 0.3 is 103 Å². The second kappa shape index (κ2) is 17.7. The first-order valence-corrected chi connectivity index (χ1v) is 11.1. The average molecular weight is 314 g/mol. The summed E-state index contributed by atoms with van der Waals surface area (Å²) in [5.74, 6) is -0.368. The molecular weight excluding hydrogens is 283 g/mol. The van der Waals surface area contributed by atoms with Gasteiger partial charge in [0.25, 0.3) is 10.1 Å². The van der Waals surface area contributed by atoms with Crippen LogP contribution >= 0.6 is 0 Å². The molecule has 0 aromatic rings. The third kappa shape index (κ3) is 27.1. The molecule has 0 bridgehead atoms. The molecule has 0 amide bonds. The van der Waals surface area contributed by atoms with Crippen LogP contribution in [-0.4, -0.2) is 46.7 Å². The summed E-state index contributed by atoms with van der Waals surface area (Å²) in [5.41, 5.74) is 0. The molecule has 0 aliphatic carbocycles. The second-order valence-electron chi connectivity index (χ2n) is 5.22. The van der Waals surface area contributed by atoms with E-state index in [-0.39, 0.29) is 5.75 Å². The fraction of sp³-hybridized carbons (Fsp3) is 0.867. The van der Waals surface area contributed by atoms with Crippen molar-refractivity contribution in [3.05, 3.63) is 12.7 Å². The van der Waals surface area contributed by atoms with Crippen molar-refractivity contribution < 1.29 is 13.0 Å². The van der Waals surface area contributed by atoms with Crippen molar-refractivity contribution in [3.63, 3.8) is 0 Å². The van der Waals surface area contributed by atoms with Gasteiger partial charge in [0.2, 0.25) is 0 Å². The molecule has 0 aromatic carbocycles. The summed E-state index contributed by atoms with van der Waals surface area (Å²) in [6.45, 7) is 5.39. The zero-order valence-electron chi connectivity index (χ0n) is 13.4. The molecule has 3 nitrogen and oxygen atoms in total. The third-order valence-electron chi connectivity index (χ3n) is 3.04. The minimum atomic E-state index is -3.79. The Morgan fingerprint density at radius 1 is 0.950 bits per heavy atom. The monoisotopic (exact) mass is 314 g/mol. The molecule has 1 N–H and O–H groups in total. The van der Waals surface area contributed by atoms with Gasteiger partial charge in [-0.25, -0.2) is 0 Å². The van der Waals surface area contributed by atoms with Gasteiger partial charge in [-0.2, -0.15) is 8.42 Å². The molecule has 0 saturated heterocycles. The first-order valence-electron chi connectivity index (χ1n) is 8.04. The molecular formula is C15H31NaO3S. The summed E-state index contributed by atoms with van der Waals surface area (Å²) in [6.07, 6.45) is 15.9. The predicted octanol–water partition coefficient (Wildman–Crippen LogP) is 4.55. The van der Waals surface area contributed by atoms with Crippen LogP contribution in [0.4, 0.5) is 0 Å². The normalized spacial score (nSPS) is 10.8. The van der Waals surface area contributed by atoms with Gasteiger partial charge in [-0.1, -0.05) is 6.08 Å². The maximum absolute atomic E-state index is 9.72. The van der Waals surface area contributed by atoms with Crippen molar-refractivity contribution in [2.24, 2.45) is 0 Å². The Kier molecular flexibility index (Phi) is 20.3. The van der Waals surface area contributed by atoms with Crippen LogP contribution in [-0.2, 0) is 10.1 Å². The standard InChI is InChI=1S/C12H25.C3H6O3S.Na/c1-3-5-7-9-11-12-10-8-6-4-2;1-2-3-7(4,5)6;/h1,3-12H2,2H3;2H,1,3H2,(H,4,5,6);. The molecule has 0 heterocycles. The minimum absolute atomic E-state index is 0.368. The number of rotatable bonds is 12. The molecule has 116 valence electrons. The molecule has 0 spiro atoms. The molecule has 0 atom stereocenters. The predicted molar refractivity (Wildman–Crippen MR) is 89.0 cm³/mol. The van der Waals surface area contributed by atoms with Crippen LogP contribution in [0.1, 0.15) is 71.1 Å². The molecule has 0 saturated carbocycles. The van der Waals surface area contributed by atoms with Crippen molar-refractivity contribution in [3.8, 4) is 0 Å². The first kappa shape index (κ1) is 22.9. The molecule has 0 aliphatic heterocycles. The number of unbranched alkanes of at least 4 members (excludes halogenated alkanes) is 9. The van der Waals surface area contributed by atoms with E-state index in [4.69, 9.17) is 4.55 Å². The summed E-state index contributed by atoms with van der Waals surface area (Å²) < 4.78 is 28.9. The van der Waals surface area contributed by atoms with Gasteiger partial charge in [0.15, 0.2) is 0 Å². The van der Waals surface area contributed by atoms with Gasteiger partial charge in [0.05, 0.1) is 5.75 Å². The van der Waals surface area contributed by atoms with Crippen molar-refractivity contribution >= 4 is 38.0 Å². The summed E-state index contributed by atoms with van der Waals surface area (Å²) in [7, 11) is -3.79. The second-order valence-corrected chi connectivity index (χ2v) is 7.72. The van der Waals surface area contributed by atoms with Gasteiger partial charge in [0.1, 0.15) is 0 Å². The zero-order chi connectivity index (χ0) is 15.7.